The van der Waals surface area contributed by atoms with E-state index >= 15 is 0 Å². The van der Waals surface area contributed by atoms with Crippen molar-refractivity contribution in [3.8, 4) is 56.7 Å². The molecule has 280 valence electrons. The second kappa shape index (κ2) is 12.9. The van der Waals surface area contributed by atoms with Crippen molar-refractivity contribution in [3.05, 3.63) is 188 Å². The molecule has 0 saturated carbocycles. The summed E-state index contributed by atoms with van der Waals surface area (Å²) in [5, 5.41) is 5.80. The Morgan fingerprint density at radius 3 is 1.95 bits per heavy atom. The SMILES string of the molecule is c1ccc(-c2cccc(-c3nc(-c4ccc5oc6ccccc6c5c4)nc(-c4cccc5c4Sc4cccc6c7c8ccccc8n(-c8ccccc8)c7n-5c46)n3)c2)cc1. The van der Waals surface area contributed by atoms with E-state index in [4.69, 9.17) is 19.4 Å². The zero-order valence-electron chi connectivity index (χ0n) is 32.0. The van der Waals surface area contributed by atoms with Crippen LogP contribution in [-0.4, -0.2) is 24.1 Å². The van der Waals surface area contributed by atoms with Gasteiger partial charge in [-0.1, -0.05) is 133 Å². The minimum absolute atomic E-state index is 0.598. The van der Waals surface area contributed by atoms with Crippen molar-refractivity contribution >= 4 is 66.5 Å². The molecule has 60 heavy (non-hydrogen) atoms. The van der Waals surface area contributed by atoms with E-state index in [1.54, 1.807) is 11.8 Å². The molecule has 6 nitrogen and oxygen atoms in total. The average molecular weight is 786 g/mol. The van der Waals surface area contributed by atoms with Crippen LogP contribution in [-0.2, 0) is 0 Å². The highest BCUT2D eigenvalue weighted by Gasteiger charge is 2.30. The second-order valence-corrected chi connectivity index (χ2v) is 16.2. The molecular formula is C53H31N5OS. The summed E-state index contributed by atoms with van der Waals surface area (Å²) in [6, 6.07) is 65.9. The van der Waals surface area contributed by atoms with E-state index in [-0.39, 0.29) is 0 Å². The van der Waals surface area contributed by atoms with E-state index < -0.39 is 0 Å². The maximum atomic E-state index is 6.22. The van der Waals surface area contributed by atoms with Crippen LogP contribution in [0, 0.1) is 0 Å². The van der Waals surface area contributed by atoms with Crippen LogP contribution in [0.15, 0.2) is 202 Å². The van der Waals surface area contributed by atoms with Crippen LogP contribution in [0.3, 0.4) is 0 Å². The third kappa shape index (κ3) is 4.93. The molecule has 0 aliphatic carbocycles. The lowest BCUT2D eigenvalue weighted by atomic mass is 10.0. The number of aromatic nitrogens is 5. The van der Waals surface area contributed by atoms with Gasteiger partial charge in [0, 0.05) is 59.1 Å². The smallest absolute Gasteiger partial charge is 0.165 e. The van der Waals surface area contributed by atoms with Crippen LogP contribution < -0.4 is 0 Å². The van der Waals surface area contributed by atoms with E-state index in [0.717, 1.165) is 71.7 Å². The van der Waals surface area contributed by atoms with E-state index in [2.05, 4.69) is 167 Å². The first-order valence-corrected chi connectivity index (χ1v) is 20.8. The van der Waals surface area contributed by atoms with E-state index in [0.29, 0.717) is 17.5 Å². The van der Waals surface area contributed by atoms with Gasteiger partial charge in [0.05, 0.1) is 16.7 Å². The fraction of sp³-hybridized carbons (Fsp3) is 0. The fourth-order valence-electron chi connectivity index (χ4n) is 9.10. The number of hydrogen-bond donors (Lipinski definition) is 0. The average Bonchev–Trinajstić information content (AvgIpc) is 3.98. The highest BCUT2D eigenvalue weighted by molar-refractivity contribution is 8.00. The molecule has 1 aliphatic rings. The monoisotopic (exact) mass is 785 g/mol. The predicted molar refractivity (Wildman–Crippen MR) is 244 cm³/mol. The van der Waals surface area contributed by atoms with Gasteiger partial charge in [0.2, 0.25) is 0 Å². The molecule has 0 amide bonds. The van der Waals surface area contributed by atoms with E-state index in [1.807, 2.05) is 30.3 Å². The summed E-state index contributed by atoms with van der Waals surface area (Å²) in [5.74, 6) is 1.82. The number of rotatable bonds is 5. The van der Waals surface area contributed by atoms with Crippen LogP contribution in [0.4, 0.5) is 0 Å². The fourth-order valence-corrected chi connectivity index (χ4v) is 10.3. The molecule has 0 saturated heterocycles. The maximum absolute atomic E-state index is 6.22. The lowest BCUT2D eigenvalue weighted by Crippen LogP contribution is -2.07. The van der Waals surface area contributed by atoms with E-state index in [1.165, 1.54) is 32.1 Å². The molecule has 0 N–H and O–H groups in total. The summed E-state index contributed by atoms with van der Waals surface area (Å²) >= 11 is 1.79. The number of para-hydroxylation sites is 4. The number of nitrogens with zero attached hydrogens (tertiary/aromatic N) is 5. The Bertz CT molecular complexity index is 3700. The Morgan fingerprint density at radius 1 is 0.433 bits per heavy atom. The zero-order valence-corrected chi connectivity index (χ0v) is 32.8. The Balaban J connectivity index is 1.07. The van der Waals surface area contributed by atoms with Gasteiger partial charge in [-0.2, -0.15) is 0 Å². The van der Waals surface area contributed by atoms with E-state index in [9.17, 15) is 0 Å². The van der Waals surface area contributed by atoms with Crippen molar-refractivity contribution < 1.29 is 4.42 Å². The van der Waals surface area contributed by atoms with Crippen molar-refractivity contribution in [2.24, 2.45) is 0 Å². The minimum atomic E-state index is 0.598. The molecule has 0 spiro atoms. The van der Waals surface area contributed by atoms with Crippen LogP contribution in [0.2, 0.25) is 0 Å². The predicted octanol–water partition coefficient (Wildman–Crippen LogP) is 13.9. The van der Waals surface area contributed by atoms with Crippen molar-refractivity contribution in [1.29, 1.82) is 0 Å². The normalized spacial score (nSPS) is 12.3. The van der Waals surface area contributed by atoms with Gasteiger partial charge in [-0.25, -0.2) is 15.0 Å². The summed E-state index contributed by atoms with van der Waals surface area (Å²) in [6.45, 7) is 0. The Labute approximate surface area is 348 Å². The number of hydrogen-bond acceptors (Lipinski definition) is 5. The zero-order chi connectivity index (χ0) is 39.3. The maximum Gasteiger partial charge on any atom is 0.165 e. The number of fused-ring (bicyclic) bond motifs is 10. The topological polar surface area (TPSA) is 61.7 Å². The molecule has 4 aromatic heterocycles. The molecule has 0 radical (unpaired) electrons. The molecule has 0 atom stereocenters. The van der Waals surface area contributed by atoms with Gasteiger partial charge in [-0.05, 0) is 77.9 Å². The van der Waals surface area contributed by atoms with Gasteiger partial charge in [0.1, 0.15) is 16.8 Å². The number of benzene rings is 8. The molecule has 12 aromatic rings. The van der Waals surface area contributed by atoms with Crippen LogP contribution >= 0.6 is 11.8 Å². The molecule has 5 heterocycles. The van der Waals surface area contributed by atoms with Crippen LogP contribution in [0.1, 0.15) is 0 Å². The van der Waals surface area contributed by atoms with Crippen molar-refractivity contribution in [1.82, 2.24) is 24.1 Å². The Kier molecular flexibility index (Phi) is 7.14. The molecule has 0 unspecified atom stereocenters. The lowest BCUT2D eigenvalue weighted by Gasteiger charge is -2.23. The van der Waals surface area contributed by atoms with Crippen molar-refractivity contribution in [2.45, 2.75) is 9.79 Å². The summed E-state index contributed by atoms with van der Waals surface area (Å²) in [7, 11) is 0. The molecule has 13 rings (SSSR count). The summed E-state index contributed by atoms with van der Waals surface area (Å²) in [6.07, 6.45) is 0. The Morgan fingerprint density at radius 2 is 1.08 bits per heavy atom. The van der Waals surface area contributed by atoms with Gasteiger partial charge in [-0.15, -0.1) is 0 Å². The van der Waals surface area contributed by atoms with Gasteiger partial charge < -0.3 is 4.42 Å². The van der Waals surface area contributed by atoms with Crippen LogP contribution in [0.5, 0.6) is 0 Å². The standard InChI is InChI=1S/C53H31N5OS/c1-3-14-32(15-4-1)33-16-11-17-34(30-33)50-54-51(35-28-29-45-41(31-35)37-20-8-10-26-44(37)59-45)56-52(55-50)40-23-12-25-43-49(40)60-46-27-13-22-39-47-38-21-7-9-24-42(38)57(36-18-5-2-6-19-36)53(47)58(43)48(39)46/h1-31H. The van der Waals surface area contributed by atoms with Crippen LogP contribution in [0.25, 0.3) is 111 Å². The highest BCUT2D eigenvalue weighted by Crippen LogP contribution is 2.51. The summed E-state index contributed by atoms with van der Waals surface area (Å²) < 4.78 is 11.1. The third-order valence-electron chi connectivity index (χ3n) is 11.8. The first-order valence-electron chi connectivity index (χ1n) is 20.0. The minimum Gasteiger partial charge on any atom is -0.456 e. The quantitative estimate of drug-likeness (QED) is 0.174. The third-order valence-corrected chi connectivity index (χ3v) is 12.9. The first-order chi connectivity index (χ1) is 29.7. The summed E-state index contributed by atoms with van der Waals surface area (Å²) in [4.78, 5) is 18.2. The van der Waals surface area contributed by atoms with Gasteiger partial charge in [-0.3, -0.25) is 9.13 Å². The molecular weight excluding hydrogens is 755 g/mol. The van der Waals surface area contributed by atoms with Gasteiger partial charge >= 0.3 is 0 Å². The number of furan rings is 1. The first kappa shape index (κ1) is 33.3. The lowest BCUT2D eigenvalue weighted by molar-refractivity contribution is 0.669. The Hall–Kier alpha value is -7.74. The van der Waals surface area contributed by atoms with Crippen molar-refractivity contribution in [2.75, 3.05) is 0 Å². The molecule has 0 bridgehead atoms. The largest absolute Gasteiger partial charge is 0.456 e. The van der Waals surface area contributed by atoms with Crippen molar-refractivity contribution in [3.63, 3.8) is 0 Å². The molecule has 0 fully saturated rings. The molecule has 8 aromatic carbocycles. The molecule has 1 aliphatic heterocycles. The molecule has 7 heteroatoms. The second-order valence-electron chi connectivity index (χ2n) is 15.2. The van der Waals surface area contributed by atoms with Gasteiger partial charge in [0.15, 0.2) is 17.5 Å². The highest BCUT2D eigenvalue weighted by atomic mass is 32.2. The van der Waals surface area contributed by atoms with Gasteiger partial charge in [0.25, 0.3) is 0 Å². The summed E-state index contributed by atoms with van der Waals surface area (Å²) in [5.41, 5.74) is 12.4.